The molecule has 172 valence electrons. The number of aliphatic imine (C=N–C) groups is 1. The molecule has 1 aromatic heterocycles. The van der Waals surface area contributed by atoms with E-state index in [0.717, 1.165) is 55.0 Å². The summed E-state index contributed by atoms with van der Waals surface area (Å²) in [5.41, 5.74) is 1.06. The van der Waals surface area contributed by atoms with Gasteiger partial charge in [-0.25, -0.2) is 4.99 Å². The van der Waals surface area contributed by atoms with Crippen molar-refractivity contribution >= 4 is 29.9 Å². The molecule has 0 amide bonds. The molecule has 7 nitrogen and oxygen atoms in total. The Morgan fingerprint density at radius 2 is 1.84 bits per heavy atom. The van der Waals surface area contributed by atoms with Crippen molar-refractivity contribution in [2.24, 2.45) is 4.99 Å². The molecule has 0 aliphatic carbocycles. The van der Waals surface area contributed by atoms with Gasteiger partial charge in [0.1, 0.15) is 11.5 Å². The third kappa shape index (κ3) is 7.03. The Balaban J connectivity index is 0.00000341. The van der Waals surface area contributed by atoms with Crippen LogP contribution >= 0.6 is 24.0 Å². The Morgan fingerprint density at radius 3 is 2.45 bits per heavy atom. The molecule has 8 heteroatoms. The fourth-order valence-corrected chi connectivity index (χ4v) is 3.78. The minimum atomic E-state index is 0. The van der Waals surface area contributed by atoms with Gasteiger partial charge in [0.05, 0.1) is 26.8 Å². The van der Waals surface area contributed by atoms with E-state index in [1.807, 2.05) is 31.2 Å². The standard InChI is InChI=1S/C23H34N4O3.HI/c1-5-24-23(25-15-18-9-11-21(28-3)22(14-18)29-4)26-16-19(27-12-6-7-13-27)20-10-8-17(2)30-20;/h8-11,14,19H,5-7,12-13,15-16H2,1-4H3,(H2,24,25,26);1H. The number of hydrogen-bond acceptors (Lipinski definition) is 5. The molecule has 1 saturated heterocycles. The molecule has 1 aromatic carbocycles. The Morgan fingerprint density at radius 1 is 1.10 bits per heavy atom. The molecule has 2 N–H and O–H groups in total. The average Bonchev–Trinajstić information content (AvgIpc) is 3.44. The molecule has 3 rings (SSSR count). The van der Waals surface area contributed by atoms with Crippen molar-refractivity contribution in [3.63, 3.8) is 0 Å². The highest BCUT2D eigenvalue weighted by Gasteiger charge is 2.26. The molecule has 1 aliphatic heterocycles. The second-order valence-corrected chi connectivity index (χ2v) is 7.47. The van der Waals surface area contributed by atoms with Crippen LogP contribution in [0.25, 0.3) is 0 Å². The number of nitrogens with zero attached hydrogens (tertiary/aromatic N) is 2. The predicted octanol–water partition coefficient (Wildman–Crippen LogP) is 4.12. The molecule has 2 heterocycles. The number of methoxy groups -OCH3 is 2. The highest BCUT2D eigenvalue weighted by molar-refractivity contribution is 14.0. The van der Waals surface area contributed by atoms with Crippen LogP contribution in [0.2, 0.25) is 0 Å². The van der Waals surface area contributed by atoms with E-state index < -0.39 is 0 Å². The molecule has 1 unspecified atom stereocenters. The summed E-state index contributed by atoms with van der Waals surface area (Å²) in [4.78, 5) is 7.25. The molecule has 1 fully saturated rings. The van der Waals surface area contributed by atoms with Gasteiger partial charge in [0, 0.05) is 13.1 Å². The zero-order valence-corrected chi connectivity index (χ0v) is 21.3. The van der Waals surface area contributed by atoms with Crippen molar-refractivity contribution in [3.05, 3.63) is 47.4 Å². The summed E-state index contributed by atoms with van der Waals surface area (Å²) in [5, 5.41) is 6.85. The van der Waals surface area contributed by atoms with Crippen molar-refractivity contribution in [3.8, 4) is 11.5 Å². The van der Waals surface area contributed by atoms with Crippen LogP contribution in [0.15, 0.2) is 39.7 Å². The first-order valence-corrected chi connectivity index (χ1v) is 10.7. The van der Waals surface area contributed by atoms with E-state index in [0.29, 0.717) is 12.3 Å². The number of halogens is 1. The summed E-state index contributed by atoms with van der Waals surface area (Å²) >= 11 is 0. The molecular weight excluding hydrogens is 507 g/mol. The quantitative estimate of drug-likeness (QED) is 0.283. The predicted molar refractivity (Wildman–Crippen MR) is 135 cm³/mol. The molecule has 0 spiro atoms. The van der Waals surface area contributed by atoms with Crippen LogP contribution < -0.4 is 20.1 Å². The number of nitrogens with one attached hydrogen (secondary N) is 2. The number of hydrogen-bond donors (Lipinski definition) is 2. The number of furan rings is 1. The largest absolute Gasteiger partial charge is 0.493 e. The first-order chi connectivity index (χ1) is 14.6. The Kier molecular flexibility index (Phi) is 10.5. The van der Waals surface area contributed by atoms with Crippen LogP contribution in [0.3, 0.4) is 0 Å². The number of likely N-dealkylation sites (tertiary alicyclic amines) is 1. The number of ether oxygens (including phenoxy) is 2. The summed E-state index contributed by atoms with van der Waals surface area (Å²) in [6.45, 7) is 8.35. The summed E-state index contributed by atoms with van der Waals surface area (Å²) in [5.74, 6) is 4.18. The molecule has 31 heavy (non-hydrogen) atoms. The van der Waals surface area contributed by atoms with Gasteiger partial charge in [-0.3, -0.25) is 4.90 Å². The van der Waals surface area contributed by atoms with Crippen LogP contribution in [0.5, 0.6) is 11.5 Å². The maximum atomic E-state index is 5.96. The van der Waals surface area contributed by atoms with Crippen molar-refractivity contribution in [2.75, 3.05) is 40.4 Å². The van der Waals surface area contributed by atoms with Gasteiger partial charge in [-0.15, -0.1) is 24.0 Å². The number of guanidine groups is 1. The monoisotopic (exact) mass is 542 g/mol. The van der Waals surface area contributed by atoms with E-state index in [9.17, 15) is 0 Å². The lowest BCUT2D eigenvalue weighted by Crippen LogP contribution is -2.42. The van der Waals surface area contributed by atoms with Gasteiger partial charge in [-0.1, -0.05) is 6.07 Å². The fourth-order valence-electron chi connectivity index (χ4n) is 3.78. The van der Waals surface area contributed by atoms with E-state index in [1.165, 1.54) is 12.8 Å². The number of benzene rings is 1. The summed E-state index contributed by atoms with van der Waals surface area (Å²) in [7, 11) is 3.28. The van der Waals surface area contributed by atoms with Gasteiger partial charge in [0.25, 0.3) is 0 Å². The van der Waals surface area contributed by atoms with Gasteiger partial charge >= 0.3 is 0 Å². The molecule has 0 bridgehead atoms. The van der Waals surface area contributed by atoms with Crippen LogP contribution in [0.4, 0.5) is 0 Å². The Labute approximate surface area is 202 Å². The van der Waals surface area contributed by atoms with Gasteiger partial charge in [-0.05, 0) is 69.6 Å². The maximum absolute atomic E-state index is 5.96. The van der Waals surface area contributed by atoms with E-state index >= 15 is 0 Å². The molecule has 1 atom stereocenters. The van der Waals surface area contributed by atoms with Crippen molar-refractivity contribution < 1.29 is 13.9 Å². The maximum Gasteiger partial charge on any atom is 0.191 e. The van der Waals surface area contributed by atoms with Crippen molar-refractivity contribution in [1.82, 2.24) is 15.5 Å². The van der Waals surface area contributed by atoms with Gasteiger partial charge < -0.3 is 24.5 Å². The first kappa shape index (κ1) is 25.3. The fraction of sp³-hybridized carbons (Fsp3) is 0.522. The van der Waals surface area contributed by atoms with Crippen molar-refractivity contribution in [2.45, 2.75) is 39.3 Å². The third-order valence-electron chi connectivity index (χ3n) is 5.35. The average molecular weight is 542 g/mol. The van der Waals surface area contributed by atoms with Crippen LogP contribution in [0, 0.1) is 6.92 Å². The zero-order valence-electron chi connectivity index (χ0n) is 18.9. The highest BCUT2D eigenvalue weighted by Crippen LogP contribution is 2.28. The molecule has 0 radical (unpaired) electrons. The van der Waals surface area contributed by atoms with Gasteiger partial charge in [0.15, 0.2) is 17.5 Å². The summed E-state index contributed by atoms with van der Waals surface area (Å²) < 4.78 is 16.7. The number of aryl methyl sites for hydroxylation is 1. The van der Waals surface area contributed by atoms with Crippen LogP contribution in [0.1, 0.15) is 42.9 Å². The van der Waals surface area contributed by atoms with E-state index in [-0.39, 0.29) is 30.0 Å². The van der Waals surface area contributed by atoms with Gasteiger partial charge in [0.2, 0.25) is 0 Å². The smallest absolute Gasteiger partial charge is 0.191 e. The van der Waals surface area contributed by atoms with E-state index in [2.05, 4.69) is 28.5 Å². The molecule has 1 aliphatic rings. The molecule has 0 saturated carbocycles. The summed E-state index contributed by atoms with van der Waals surface area (Å²) in [6, 6.07) is 10.2. The minimum Gasteiger partial charge on any atom is -0.493 e. The molecular formula is C23H35IN4O3. The second kappa shape index (κ2) is 12.8. The summed E-state index contributed by atoms with van der Waals surface area (Å²) in [6.07, 6.45) is 2.48. The minimum absolute atomic E-state index is 0. The highest BCUT2D eigenvalue weighted by atomic mass is 127. The zero-order chi connectivity index (χ0) is 21.3. The second-order valence-electron chi connectivity index (χ2n) is 7.47. The van der Waals surface area contributed by atoms with Crippen molar-refractivity contribution in [1.29, 1.82) is 0 Å². The SMILES string of the molecule is CCNC(=NCc1ccc(OC)c(OC)c1)NCC(c1ccc(C)o1)N1CCCC1.I. The van der Waals surface area contributed by atoms with Gasteiger partial charge in [-0.2, -0.15) is 0 Å². The van der Waals surface area contributed by atoms with Crippen LogP contribution in [-0.2, 0) is 6.54 Å². The topological polar surface area (TPSA) is 71.3 Å². The van der Waals surface area contributed by atoms with E-state index in [4.69, 9.17) is 18.9 Å². The van der Waals surface area contributed by atoms with Crippen LogP contribution in [-0.4, -0.2) is 51.3 Å². The third-order valence-corrected chi connectivity index (χ3v) is 5.35. The number of rotatable bonds is 9. The lowest BCUT2D eigenvalue weighted by atomic mass is 10.2. The Bertz CT molecular complexity index is 834. The van der Waals surface area contributed by atoms with E-state index in [1.54, 1.807) is 14.2 Å². The lowest BCUT2D eigenvalue weighted by Gasteiger charge is -2.26. The molecule has 2 aromatic rings. The lowest BCUT2D eigenvalue weighted by molar-refractivity contribution is 0.213. The Hall–Kier alpha value is -1.94. The first-order valence-electron chi connectivity index (χ1n) is 10.7. The normalized spacial score (nSPS) is 15.3.